The van der Waals surface area contributed by atoms with Gasteiger partial charge in [0, 0.05) is 5.56 Å². The molecule has 0 radical (unpaired) electrons. The van der Waals surface area contributed by atoms with Crippen molar-refractivity contribution in [3.05, 3.63) is 23.8 Å². The van der Waals surface area contributed by atoms with E-state index in [2.05, 4.69) is 22.0 Å². The van der Waals surface area contributed by atoms with Gasteiger partial charge in [-0.15, -0.1) is 0 Å². The Kier molecular flexibility index (Phi) is 3.78. The molecule has 14 heavy (non-hydrogen) atoms. The van der Waals surface area contributed by atoms with Crippen molar-refractivity contribution < 1.29 is 9.47 Å². The molecule has 0 spiro atoms. The van der Waals surface area contributed by atoms with Gasteiger partial charge < -0.3 is 9.47 Å². The Morgan fingerprint density at radius 1 is 1.36 bits per heavy atom. The third-order valence-corrected chi connectivity index (χ3v) is 2.52. The average Bonchev–Trinajstić information content (AvgIpc) is 2.26. The lowest BCUT2D eigenvalue weighted by Crippen LogP contribution is -1.96. The van der Waals surface area contributed by atoms with Crippen LogP contribution < -0.4 is 9.47 Å². The van der Waals surface area contributed by atoms with Gasteiger partial charge in [0.1, 0.15) is 4.83 Å². The monoisotopic (exact) mass is 255 g/mol. The molecule has 0 aliphatic heterocycles. The molecule has 1 unspecified atom stereocenters. The van der Waals surface area contributed by atoms with E-state index < -0.39 is 0 Å². The zero-order chi connectivity index (χ0) is 10.6. The average molecular weight is 256 g/mol. The minimum absolute atomic E-state index is 0.382. The molecule has 0 N–H and O–H groups in total. The first-order chi connectivity index (χ1) is 6.74. The van der Waals surface area contributed by atoms with E-state index in [1.807, 2.05) is 12.1 Å². The van der Waals surface area contributed by atoms with E-state index in [0.717, 1.165) is 5.56 Å². The van der Waals surface area contributed by atoms with E-state index in [0.29, 0.717) is 11.5 Å². The number of hydrogen-bond donors (Lipinski definition) is 0. The Hall–Kier alpha value is -1.21. The minimum atomic E-state index is -0.382. The van der Waals surface area contributed by atoms with Crippen LogP contribution in [0.4, 0.5) is 0 Å². The maximum atomic E-state index is 8.78. The van der Waals surface area contributed by atoms with Crippen LogP contribution in [0.3, 0.4) is 0 Å². The van der Waals surface area contributed by atoms with Gasteiger partial charge in [-0.25, -0.2) is 0 Å². The molecular formula is C10H10BrNO2. The first kappa shape index (κ1) is 10.9. The summed E-state index contributed by atoms with van der Waals surface area (Å²) in [5.74, 6) is 1.23. The maximum absolute atomic E-state index is 8.78. The first-order valence-electron chi connectivity index (χ1n) is 3.99. The summed E-state index contributed by atoms with van der Waals surface area (Å²) in [7, 11) is 3.12. The second-order valence-electron chi connectivity index (χ2n) is 2.57. The normalized spacial score (nSPS) is 11.6. The topological polar surface area (TPSA) is 42.2 Å². The van der Waals surface area contributed by atoms with Gasteiger partial charge in [-0.05, 0) is 6.07 Å². The van der Waals surface area contributed by atoms with Gasteiger partial charge in [-0.3, -0.25) is 0 Å². The number of hydrogen-bond acceptors (Lipinski definition) is 3. The predicted molar refractivity (Wildman–Crippen MR) is 56.8 cm³/mol. The molecule has 4 heteroatoms. The van der Waals surface area contributed by atoms with E-state index >= 15 is 0 Å². The van der Waals surface area contributed by atoms with Crippen molar-refractivity contribution in [2.24, 2.45) is 0 Å². The minimum Gasteiger partial charge on any atom is -0.493 e. The molecule has 3 nitrogen and oxygen atoms in total. The van der Waals surface area contributed by atoms with Crippen molar-refractivity contribution in [2.45, 2.75) is 4.83 Å². The van der Waals surface area contributed by atoms with E-state index in [1.54, 1.807) is 20.3 Å². The molecule has 1 rings (SSSR count). The van der Waals surface area contributed by atoms with Crippen molar-refractivity contribution in [2.75, 3.05) is 14.2 Å². The standard InChI is InChI=1S/C10H10BrNO2/c1-13-9-5-3-4-7(8(11)6-12)10(9)14-2/h3-5,8H,1-2H3. The van der Waals surface area contributed by atoms with Crippen LogP contribution in [-0.2, 0) is 0 Å². The molecule has 0 saturated heterocycles. The summed E-state index contributed by atoms with van der Waals surface area (Å²) in [6, 6.07) is 7.52. The summed E-state index contributed by atoms with van der Waals surface area (Å²) in [6.07, 6.45) is 0. The lowest BCUT2D eigenvalue weighted by atomic mass is 10.1. The summed E-state index contributed by atoms with van der Waals surface area (Å²) >= 11 is 3.24. The second-order valence-corrected chi connectivity index (χ2v) is 3.49. The van der Waals surface area contributed by atoms with Crippen LogP contribution in [0.15, 0.2) is 18.2 Å². The molecular weight excluding hydrogens is 246 g/mol. The zero-order valence-corrected chi connectivity index (χ0v) is 9.54. The number of methoxy groups -OCH3 is 2. The number of nitrogens with zero attached hydrogens (tertiary/aromatic N) is 1. The van der Waals surface area contributed by atoms with Crippen LogP contribution in [0.25, 0.3) is 0 Å². The van der Waals surface area contributed by atoms with Gasteiger partial charge in [0.05, 0.1) is 20.3 Å². The van der Waals surface area contributed by atoms with Crippen LogP contribution >= 0.6 is 15.9 Å². The largest absolute Gasteiger partial charge is 0.493 e. The number of para-hydroxylation sites is 1. The molecule has 1 aromatic carbocycles. The van der Waals surface area contributed by atoms with Gasteiger partial charge in [-0.2, -0.15) is 5.26 Å². The molecule has 0 amide bonds. The van der Waals surface area contributed by atoms with Gasteiger partial charge >= 0.3 is 0 Å². The van der Waals surface area contributed by atoms with Crippen LogP contribution in [-0.4, -0.2) is 14.2 Å². The van der Waals surface area contributed by atoms with Crippen LogP contribution in [0.1, 0.15) is 10.4 Å². The van der Waals surface area contributed by atoms with Crippen molar-refractivity contribution in [3.8, 4) is 17.6 Å². The van der Waals surface area contributed by atoms with Crippen LogP contribution in [0.2, 0.25) is 0 Å². The molecule has 74 valence electrons. The molecule has 0 aliphatic carbocycles. The maximum Gasteiger partial charge on any atom is 0.166 e. The van der Waals surface area contributed by atoms with Gasteiger partial charge in [0.15, 0.2) is 11.5 Å². The van der Waals surface area contributed by atoms with E-state index in [1.165, 1.54) is 0 Å². The highest BCUT2D eigenvalue weighted by Crippen LogP contribution is 2.37. The number of benzene rings is 1. The van der Waals surface area contributed by atoms with Crippen molar-refractivity contribution >= 4 is 15.9 Å². The number of nitriles is 1. The number of rotatable bonds is 3. The lowest BCUT2D eigenvalue weighted by molar-refractivity contribution is 0.352. The van der Waals surface area contributed by atoms with Crippen molar-refractivity contribution in [1.29, 1.82) is 5.26 Å². The second kappa shape index (κ2) is 4.87. The SMILES string of the molecule is COc1cccc(C(Br)C#N)c1OC. The summed E-state index contributed by atoms with van der Waals surface area (Å²) < 4.78 is 10.3. The molecule has 0 aromatic heterocycles. The number of halogens is 1. The number of ether oxygens (including phenoxy) is 2. The molecule has 0 aliphatic rings. The zero-order valence-electron chi connectivity index (χ0n) is 7.95. The highest BCUT2D eigenvalue weighted by Gasteiger charge is 2.15. The summed E-state index contributed by atoms with van der Waals surface area (Å²) in [5, 5.41) is 8.78. The smallest absolute Gasteiger partial charge is 0.166 e. The fourth-order valence-electron chi connectivity index (χ4n) is 1.18. The summed E-state index contributed by atoms with van der Waals surface area (Å²) in [5.41, 5.74) is 0.773. The summed E-state index contributed by atoms with van der Waals surface area (Å²) in [4.78, 5) is -0.382. The third kappa shape index (κ3) is 1.99. The number of alkyl halides is 1. The van der Waals surface area contributed by atoms with Crippen molar-refractivity contribution in [3.63, 3.8) is 0 Å². The molecule has 1 aromatic rings. The third-order valence-electron chi connectivity index (χ3n) is 1.82. The summed E-state index contributed by atoms with van der Waals surface area (Å²) in [6.45, 7) is 0. The Morgan fingerprint density at radius 3 is 2.57 bits per heavy atom. The highest BCUT2D eigenvalue weighted by molar-refractivity contribution is 9.09. The van der Waals surface area contributed by atoms with Crippen LogP contribution in [0, 0.1) is 11.3 Å². The molecule has 0 heterocycles. The predicted octanol–water partition coefficient (Wildman–Crippen LogP) is 2.66. The van der Waals surface area contributed by atoms with Gasteiger partial charge in [0.2, 0.25) is 0 Å². The fraction of sp³-hybridized carbons (Fsp3) is 0.300. The quantitative estimate of drug-likeness (QED) is 0.781. The Balaban J connectivity index is 3.23. The van der Waals surface area contributed by atoms with E-state index in [9.17, 15) is 0 Å². The van der Waals surface area contributed by atoms with Crippen LogP contribution in [0.5, 0.6) is 11.5 Å². The molecule has 0 bridgehead atoms. The molecule has 1 atom stereocenters. The Labute approximate surface area is 91.4 Å². The van der Waals surface area contributed by atoms with E-state index in [4.69, 9.17) is 14.7 Å². The molecule has 0 fully saturated rings. The van der Waals surface area contributed by atoms with Gasteiger partial charge in [0.25, 0.3) is 0 Å². The van der Waals surface area contributed by atoms with Gasteiger partial charge in [-0.1, -0.05) is 28.1 Å². The Morgan fingerprint density at radius 2 is 2.07 bits per heavy atom. The Bertz CT molecular complexity index is 360. The highest BCUT2D eigenvalue weighted by atomic mass is 79.9. The van der Waals surface area contributed by atoms with Crippen molar-refractivity contribution in [1.82, 2.24) is 0 Å². The van der Waals surface area contributed by atoms with E-state index in [-0.39, 0.29) is 4.83 Å². The lowest BCUT2D eigenvalue weighted by Gasteiger charge is -2.12. The fourth-order valence-corrected chi connectivity index (χ4v) is 1.54. The first-order valence-corrected chi connectivity index (χ1v) is 4.90. The molecule has 0 saturated carbocycles.